The highest BCUT2D eigenvalue weighted by atomic mass is 16.5. The molecule has 0 aliphatic heterocycles. The molecule has 0 aliphatic carbocycles. The summed E-state index contributed by atoms with van der Waals surface area (Å²) in [4.78, 5) is 0. The number of aryl methyl sites for hydroxylation is 2. The third kappa shape index (κ3) is 3.56. The van der Waals surface area contributed by atoms with Gasteiger partial charge in [-0.25, -0.2) is 0 Å². The van der Waals surface area contributed by atoms with E-state index in [1.165, 1.54) is 11.1 Å². The van der Waals surface area contributed by atoms with Crippen LogP contribution in [0.15, 0.2) is 18.2 Å². The number of hydrogen-bond acceptors (Lipinski definition) is 2. The third-order valence-corrected chi connectivity index (χ3v) is 2.61. The lowest BCUT2D eigenvalue weighted by molar-refractivity contribution is 0.216. The standard InChI is InChI=1S/C13H21NO/c1-10-6-7-11(2)12(8-10)15-9-13(3,4)14-5/h6-8,14H,9H2,1-5H3. The van der Waals surface area contributed by atoms with Crippen LogP contribution in [0.4, 0.5) is 0 Å². The zero-order valence-corrected chi connectivity index (χ0v) is 10.3. The van der Waals surface area contributed by atoms with E-state index in [9.17, 15) is 0 Å². The summed E-state index contributed by atoms with van der Waals surface area (Å²) in [6, 6.07) is 6.28. The van der Waals surface area contributed by atoms with Crippen molar-refractivity contribution >= 4 is 0 Å². The van der Waals surface area contributed by atoms with Gasteiger partial charge in [0.2, 0.25) is 0 Å². The zero-order chi connectivity index (χ0) is 11.5. The van der Waals surface area contributed by atoms with Crippen molar-refractivity contribution in [1.29, 1.82) is 0 Å². The topological polar surface area (TPSA) is 21.3 Å². The second-order valence-corrected chi connectivity index (χ2v) is 4.69. The summed E-state index contributed by atoms with van der Waals surface area (Å²) in [5.41, 5.74) is 2.43. The maximum absolute atomic E-state index is 5.81. The van der Waals surface area contributed by atoms with Gasteiger partial charge in [-0.1, -0.05) is 12.1 Å². The van der Waals surface area contributed by atoms with Crippen LogP contribution in [0.5, 0.6) is 5.75 Å². The second kappa shape index (κ2) is 4.67. The molecule has 1 aromatic carbocycles. The van der Waals surface area contributed by atoms with Crippen LogP contribution in [-0.4, -0.2) is 19.2 Å². The van der Waals surface area contributed by atoms with E-state index in [0.29, 0.717) is 6.61 Å². The maximum atomic E-state index is 5.81. The van der Waals surface area contributed by atoms with Gasteiger partial charge in [-0.15, -0.1) is 0 Å². The molecule has 0 heterocycles. The van der Waals surface area contributed by atoms with Crippen LogP contribution in [0.3, 0.4) is 0 Å². The number of rotatable bonds is 4. The molecule has 0 aromatic heterocycles. The fourth-order valence-corrected chi connectivity index (χ4v) is 1.19. The third-order valence-electron chi connectivity index (χ3n) is 2.61. The van der Waals surface area contributed by atoms with E-state index in [1.54, 1.807) is 0 Å². The van der Waals surface area contributed by atoms with Crippen LogP contribution in [0.2, 0.25) is 0 Å². The molecule has 2 nitrogen and oxygen atoms in total. The predicted molar refractivity (Wildman–Crippen MR) is 64.5 cm³/mol. The molecule has 1 rings (SSSR count). The van der Waals surface area contributed by atoms with E-state index in [-0.39, 0.29) is 5.54 Å². The summed E-state index contributed by atoms with van der Waals surface area (Å²) >= 11 is 0. The van der Waals surface area contributed by atoms with Gasteiger partial charge in [0.25, 0.3) is 0 Å². The van der Waals surface area contributed by atoms with Gasteiger partial charge in [-0.05, 0) is 51.9 Å². The summed E-state index contributed by atoms with van der Waals surface area (Å²) in [6.45, 7) is 9.07. The summed E-state index contributed by atoms with van der Waals surface area (Å²) in [6.07, 6.45) is 0. The molecule has 0 aliphatic rings. The van der Waals surface area contributed by atoms with E-state index < -0.39 is 0 Å². The van der Waals surface area contributed by atoms with Gasteiger partial charge >= 0.3 is 0 Å². The SMILES string of the molecule is CNC(C)(C)COc1cc(C)ccc1C. The maximum Gasteiger partial charge on any atom is 0.122 e. The first-order valence-corrected chi connectivity index (χ1v) is 5.33. The van der Waals surface area contributed by atoms with E-state index in [0.717, 1.165) is 5.75 Å². The lowest BCUT2D eigenvalue weighted by atomic mass is 10.1. The average Bonchev–Trinajstić information content (AvgIpc) is 2.20. The fraction of sp³-hybridized carbons (Fsp3) is 0.538. The van der Waals surface area contributed by atoms with Crippen molar-refractivity contribution in [1.82, 2.24) is 5.32 Å². The molecule has 2 heteroatoms. The smallest absolute Gasteiger partial charge is 0.122 e. The molecular weight excluding hydrogens is 186 g/mol. The van der Waals surface area contributed by atoms with Crippen molar-refractivity contribution in [2.24, 2.45) is 0 Å². The molecular formula is C13H21NO. The van der Waals surface area contributed by atoms with E-state index in [2.05, 4.69) is 51.2 Å². The lowest BCUT2D eigenvalue weighted by Crippen LogP contribution is -2.42. The van der Waals surface area contributed by atoms with Crippen LogP contribution in [0.25, 0.3) is 0 Å². The second-order valence-electron chi connectivity index (χ2n) is 4.69. The number of hydrogen-bond donors (Lipinski definition) is 1. The predicted octanol–water partition coefficient (Wildman–Crippen LogP) is 2.68. The first kappa shape index (κ1) is 12.1. The molecule has 0 radical (unpaired) electrons. The van der Waals surface area contributed by atoms with Crippen molar-refractivity contribution in [2.45, 2.75) is 33.2 Å². The molecule has 15 heavy (non-hydrogen) atoms. The van der Waals surface area contributed by atoms with Crippen LogP contribution in [0.1, 0.15) is 25.0 Å². The minimum atomic E-state index is 0.0101. The summed E-state index contributed by atoms with van der Waals surface area (Å²) in [5, 5.41) is 3.22. The quantitative estimate of drug-likeness (QED) is 0.819. The Balaban J connectivity index is 2.69. The molecule has 0 amide bonds. The van der Waals surface area contributed by atoms with Gasteiger partial charge in [-0.3, -0.25) is 0 Å². The van der Waals surface area contributed by atoms with Gasteiger partial charge in [-0.2, -0.15) is 0 Å². The number of likely N-dealkylation sites (N-methyl/N-ethyl adjacent to an activating group) is 1. The Kier molecular flexibility index (Phi) is 3.75. The molecule has 0 unspecified atom stereocenters. The van der Waals surface area contributed by atoms with Crippen LogP contribution < -0.4 is 10.1 Å². The lowest BCUT2D eigenvalue weighted by Gasteiger charge is -2.24. The van der Waals surface area contributed by atoms with Gasteiger partial charge < -0.3 is 10.1 Å². The Morgan fingerprint density at radius 2 is 1.93 bits per heavy atom. The molecule has 1 N–H and O–H groups in total. The normalized spacial score (nSPS) is 11.5. The average molecular weight is 207 g/mol. The minimum Gasteiger partial charge on any atom is -0.491 e. The van der Waals surface area contributed by atoms with E-state index >= 15 is 0 Å². The highest BCUT2D eigenvalue weighted by Crippen LogP contribution is 2.20. The van der Waals surface area contributed by atoms with E-state index in [4.69, 9.17) is 4.74 Å². The number of benzene rings is 1. The van der Waals surface area contributed by atoms with Crippen molar-refractivity contribution in [3.05, 3.63) is 29.3 Å². The zero-order valence-electron chi connectivity index (χ0n) is 10.3. The first-order chi connectivity index (χ1) is 6.94. The van der Waals surface area contributed by atoms with Gasteiger partial charge in [0, 0.05) is 5.54 Å². The molecule has 84 valence electrons. The Morgan fingerprint density at radius 1 is 1.27 bits per heavy atom. The van der Waals surface area contributed by atoms with Crippen molar-refractivity contribution < 1.29 is 4.74 Å². The van der Waals surface area contributed by atoms with Crippen molar-refractivity contribution in [3.63, 3.8) is 0 Å². The molecule has 0 saturated heterocycles. The van der Waals surface area contributed by atoms with Crippen LogP contribution >= 0.6 is 0 Å². The first-order valence-electron chi connectivity index (χ1n) is 5.33. The molecule has 1 aromatic rings. The Labute approximate surface area is 92.6 Å². The monoisotopic (exact) mass is 207 g/mol. The molecule has 0 saturated carbocycles. The number of nitrogens with one attached hydrogen (secondary N) is 1. The fourth-order valence-electron chi connectivity index (χ4n) is 1.19. The Morgan fingerprint density at radius 3 is 2.53 bits per heavy atom. The van der Waals surface area contributed by atoms with E-state index in [1.807, 2.05) is 7.05 Å². The molecule has 0 atom stereocenters. The highest BCUT2D eigenvalue weighted by Gasteiger charge is 2.15. The minimum absolute atomic E-state index is 0.0101. The van der Waals surface area contributed by atoms with Crippen molar-refractivity contribution in [2.75, 3.05) is 13.7 Å². The van der Waals surface area contributed by atoms with Crippen LogP contribution in [0, 0.1) is 13.8 Å². The van der Waals surface area contributed by atoms with Gasteiger partial charge in [0.1, 0.15) is 12.4 Å². The molecule has 0 bridgehead atoms. The number of ether oxygens (including phenoxy) is 1. The molecule has 0 spiro atoms. The summed E-state index contributed by atoms with van der Waals surface area (Å²) in [5.74, 6) is 0.985. The highest BCUT2D eigenvalue weighted by molar-refractivity contribution is 5.36. The van der Waals surface area contributed by atoms with Crippen LogP contribution in [-0.2, 0) is 0 Å². The van der Waals surface area contributed by atoms with Gasteiger partial charge in [0.05, 0.1) is 0 Å². The van der Waals surface area contributed by atoms with Gasteiger partial charge in [0.15, 0.2) is 0 Å². The summed E-state index contributed by atoms with van der Waals surface area (Å²) < 4.78 is 5.81. The molecule has 0 fully saturated rings. The Hall–Kier alpha value is -1.02. The van der Waals surface area contributed by atoms with Crippen molar-refractivity contribution in [3.8, 4) is 5.75 Å². The summed E-state index contributed by atoms with van der Waals surface area (Å²) in [7, 11) is 1.95. The largest absolute Gasteiger partial charge is 0.491 e. The Bertz CT molecular complexity index is 331.